The number of nitrogens with one attached hydrogen (secondary N) is 4. The second-order valence-corrected chi connectivity index (χ2v) is 10.4. The number of carbonyl (C=O) groups excluding carboxylic acids is 4. The normalized spacial score (nSPS) is 26.6. The SMILES string of the molecule is CC[C@H](C)[C@@H]1NC(=O)[C@H](Cc2c[nH]c3ccccc23)NC(=O)[C@H](C(C)C)NC(=O)[C@H]2CCCN2C1=O. The molecular weight excluding hydrogens is 458 g/mol. The second kappa shape index (κ2) is 10.7. The summed E-state index contributed by atoms with van der Waals surface area (Å²) in [5.41, 5.74) is 1.82. The number of rotatable bonds is 5. The van der Waals surface area contributed by atoms with Crippen molar-refractivity contribution in [3.63, 3.8) is 0 Å². The summed E-state index contributed by atoms with van der Waals surface area (Å²) >= 11 is 0. The third kappa shape index (κ3) is 5.10. The first-order chi connectivity index (χ1) is 17.2. The van der Waals surface area contributed by atoms with Crippen LogP contribution in [0.15, 0.2) is 30.5 Å². The first kappa shape index (κ1) is 25.7. The van der Waals surface area contributed by atoms with Crippen molar-refractivity contribution < 1.29 is 19.2 Å². The number of para-hydroxylation sites is 1. The summed E-state index contributed by atoms with van der Waals surface area (Å²) in [5, 5.41) is 9.68. The molecule has 0 radical (unpaired) electrons. The van der Waals surface area contributed by atoms with Gasteiger partial charge >= 0.3 is 0 Å². The van der Waals surface area contributed by atoms with Gasteiger partial charge in [-0.3, -0.25) is 19.2 Å². The summed E-state index contributed by atoms with van der Waals surface area (Å²) in [7, 11) is 0. The lowest BCUT2D eigenvalue weighted by atomic mass is 9.95. The maximum absolute atomic E-state index is 13.7. The van der Waals surface area contributed by atoms with E-state index in [-0.39, 0.29) is 30.1 Å². The van der Waals surface area contributed by atoms with Crippen LogP contribution in [-0.4, -0.2) is 64.2 Å². The lowest BCUT2D eigenvalue weighted by molar-refractivity contribution is -0.144. The highest BCUT2D eigenvalue weighted by molar-refractivity contribution is 5.98. The van der Waals surface area contributed by atoms with Gasteiger partial charge in [-0.2, -0.15) is 0 Å². The molecule has 4 amide bonds. The first-order valence-electron chi connectivity index (χ1n) is 13.0. The predicted molar refractivity (Wildman–Crippen MR) is 137 cm³/mol. The zero-order valence-electron chi connectivity index (χ0n) is 21.5. The average Bonchev–Trinajstić information content (AvgIpc) is 3.51. The Hall–Kier alpha value is -3.36. The van der Waals surface area contributed by atoms with Gasteiger partial charge in [0.05, 0.1) is 0 Å². The minimum atomic E-state index is -0.914. The minimum Gasteiger partial charge on any atom is -0.361 e. The van der Waals surface area contributed by atoms with Crippen molar-refractivity contribution in [1.82, 2.24) is 25.8 Å². The number of hydrogen-bond acceptors (Lipinski definition) is 4. The van der Waals surface area contributed by atoms with Gasteiger partial charge in [0.25, 0.3) is 0 Å². The number of H-pyrrole nitrogens is 1. The standard InChI is InChI=1S/C27H37N5O4/c1-5-16(4)23-27(36)32-12-8-11-21(32)25(34)30-22(15(2)3)26(35)29-20(24(33)31-23)13-17-14-28-19-10-7-6-9-18(17)19/h6-7,9-10,14-16,20-23,28H,5,8,11-13H2,1-4H3,(H,29,35)(H,30,34)(H,31,33)/t16-,20-,21+,22-,23-/m0/s1. The smallest absolute Gasteiger partial charge is 0.246 e. The van der Waals surface area contributed by atoms with Crippen LogP contribution in [0, 0.1) is 11.8 Å². The van der Waals surface area contributed by atoms with Crippen LogP contribution in [0.4, 0.5) is 0 Å². The monoisotopic (exact) mass is 495 g/mol. The second-order valence-electron chi connectivity index (χ2n) is 10.4. The van der Waals surface area contributed by atoms with Gasteiger partial charge < -0.3 is 25.8 Å². The quantitative estimate of drug-likeness (QED) is 0.506. The molecule has 0 unspecified atom stereocenters. The van der Waals surface area contributed by atoms with Crippen LogP contribution in [0.1, 0.15) is 52.5 Å². The van der Waals surface area contributed by atoms with Crippen molar-refractivity contribution >= 4 is 34.5 Å². The Balaban J connectivity index is 1.71. The molecule has 194 valence electrons. The molecule has 2 saturated heterocycles. The molecule has 0 aliphatic carbocycles. The van der Waals surface area contributed by atoms with E-state index in [9.17, 15) is 19.2 Å². The summed E-state index contributed by atoms with van der Waals surface area (Å²) in [6.45, 7) is 8.04. The summed E-state index contributed by atoms with van der Waals surface area (Å²) in [6.07, 6.45) is 4.00. The van der Waals surface area contributed by atoms with E-state index in [0.29, 0.717) is 25.8 Å². The molecule has 1 aromatic carbocycles. The van der Waals surface area contributed by atoms with Gasteiger partial charge in [0.1, 0.15) is 24.2 Å². The number of aromatic amines is 1. The van der Waals surface area contributed by atoms with Crippen LogP contribution in [0.5, 0.6) is 0 Å². The molecule has 0 spiro atoms. The molecule has 36 heavy (non-hydrogen) atoms. The summed E-state index contributed by atoms with van der Waals surface area (Å²) in [5.74, 6) is -1.71. The third-order valence-corrected chi connectivity index (χ3v) is 7.59. The predicted octanol–water partition coefficient (Wildman–Crippen LogP) is 1.87. The van der Waals surface area contributed by atoms with Crippen LogP contribution < -0.4 is 16.0 Å². The molecule has 0 saturated carbocycles. The van der Waals surface area contributed by atoms with Crippen LogP contribution in [0.2, 0.25) is 0 Å². The maximum atomic E-state index is 13.7. The van der Waals surface area contributed by atoms with E-state index in [1.54, 1.807) is 4.90 Å². The zero-order chi connectivity index (χ0) is 26.0. The van der Waals surface area contributed by atoms with Crippen molar-refractivity contribution in [2.45, 2.75) is 77.5 Å². The highest BCUT2D eigenvalue weighted by atomic mass is 16.2. The Morgan fingerprint density at radius 2 is 1.67 bits per heavy atom. The molecule has 2 aliphatic heterocycles. The largest absolute Gasteiger partial charge is 0.361 e. The van der Waals surface area contributed by atoms with Crippen molar-refractivity contribution in [2.75, 3.05) is 6.54 Å². The number of nitrogens with zero attached hydrogens (tertiary/aromatic N) is 1. The lowest BCUT2D eigenvalue weighted by Gasteiger charge is -2.34. The Morgan fingerprint density at radius 1 is 0.944 bits per heavy atom. The number of hydrogen-bond donors (Lipinski definition) is 4. The van der Waals surface area contributed by atoms with E-state index < -0.39 is 36.0 Å². The topological polar surface area (TPSA) is 123 Å². The molecule has 2 aliphatic rings. The molecule has 5 atom stereocenters. The number of benzene rings is 1. The lowest BCUT2D eigenvalue weighted by Crippen LogP contribution is -2.63. The van der Waals surface area contributed by atoms with Crippen LogP contribution in [-0.2, 0) is 25.6 Å². The molecule has 2 aromatic rings. The first-order valence-corrected chi connectivity index (χ1v) is 13.0. The van der Waals surface area contributed by atoms with E-state index >= 15 is 0 Å². The molecule has 4 N–H and O–H groups in total. The van der Waals surface area contributed by atoms with Gasteiger partial charge in [-0.15, -0.1) is 0 Å². The fourth-order valence-electron chi connectivity index (χ4n) is 5.19. The fraction of sp³-hybridized carbons (Fsp3) is 0.556. The van der Waals surface area contributed by atoms with Gasteiger partial charge in [-0.25, -0.2) is 0 Å². The van der Waals surface area contributed by atoms with E-state index in [1.807, 2.05) is 58.2 Å². The Kier molecular flexibility index (Phi) is 7.66. The van der Waals surface area contributed by atoms with Gasteiger partial charge in [0.15, 0.2) is 0 Å². The molecule has 9 nitrogen and oxygen atoms in total. The van der Waals surface area contributed by atoms with E-state index in [2.05, 4.69) is 20.9 Å². The van der Waals surface area contributed by atoms with Gasteiger partial charge in [0.2, 0.25) is 23.6 Å². The highest BCUT2D eigenvalue weighted by Gasteiger charge is 2.42. The molecule has 2 fully saturated rings. The maximum Gasteiger partial charge on any atom is 0.246 e. The zero-order valence-corrected chi connectivity index (χ0v) is 21.5. The molecule has 9 heteroatoms. The van der Waals surface area contributed by atoms with Crippen LogP contribution in [0.25, 0.3) is 10.9 Å². The van der Waals surface area contributed by atoms with Crippen molar-refractivity contribution in [1.29, 1.82) is 0 Å². The Bertz CT molecular complexity index is 1140. The summed E-state index contributed by atoms with van der Waals surface area (Å²) < 4.78 is 0. The van der Waals surface area contributed by atoms with Crippen molar-refractivity contribution in [2.24, 2.45) is 11.8 Å². The van der Waals surface area contributed by atoms with E-state index in [0.717, 1.165) is 16.5 Å². The summed E-state index contributed by atoms with van der Waals surface area (Å²) in [6, 6.07) is 4.61. The fourth-order valence-corrected chi connectivity index (χ4v) is 5.19. The van der Waals surface area contributed by atoms with Gasteiger partial charge in [-0.1, -0.05) is 52.3 Å². The number of aromatic nitrogens is 1. The molecule has 1 aromatic heterocycles. The van der Waals surface area contributed by atoms with Crippen molar-refractivity contribution in [3.05, 3.63) is 36.0 Å². The van der Waals surface area contributed by atoms with Gasteiger partial charge in [0, 0.05) is 30.1 Å². The van der Waals surface area contributed by atoms with Crippen LogP contribution >= 0.6 is 0 Å². The average molecular weight is 496 g/mol. The number of carbonyl (C=O) groups is 4. The molecular formula is C27H37N5O4. The third-order valence-electron chi connectivity index (χ3n) is 7.59. The van der Waals surface area contributed by atoms with E-state index in [1.165, 1.54) is 0 Å². The Labute approximate surface area is 211 Å². The molecule has 4 rings (SSSR count). The van der Waals surface area contributed by atoms with Crippen LogP contribution in [0.3, 0.4) is 0 Å². The highest BCUT2D eigenvalue weighted by Crippen LogP contribution is 2.23. The molecule has 0 bridgehead atoms. The van der Waals surface area contributed by atoms with Crippen molar-refractivity contribution in [3.8, 4) is 0 Å². The Morgan fingerprint density at radius 3 is 2.39 bits per heavy atom. The van der Waals surface area contributed by atoms with Gasteiger partial charge in [-0.05, 0) is 36.3 Å². The molecule has 3 heterocycles. The minimum absolute atomic E-state index is 0.137. The summed E-state index contributed by atoms with van der Waals surface area (Å²) in [4.78, 5) is 58.7. The number of amides is 4. The number of fused-ring (bicyclic) bond motifs is 2. The van der Waals surface area contributed by atoms with E-state index in [4.69, 9.17) is 0 Å².